The second-order valence-electron chi connectivity index (χ2n) is 14.8. The lowest BCUT2D eigenvalue weighted by Gasteiger charge is -2.28. The number of anilines is 3. The van der Waals surface area contributed by atoms with E-state index in [1.165, 1.54) is 77.9 Å². The average Bonchev–Trinajstić information content (AvgIpc) is 3.59. The number of hydrogen-bond acceptors (Lipinski definition) is 2. The van der Waals surface area contributed by atoms with Crippen LogP contribution in [0.15, 0.2) is 205 Å². The van der Waals surface area contributed by atoms with Crippen molar-refractivity contribution in [2.24, 2.45) is 0 Å². The van der Waals surface area contributed by atoms with Crippen molar-refractivity contribution in [1.82, 2.24) is 0 Å². The number of furan rings is 1. The smallest absolute Gasteiger partial charge is 0.135 e. The Labute approximate surface area is 325 Å². The van der Waals surface area contributed by atoms with E-state index in [0.717, 1.165) is 39.0 Å². The van der Waals surface area contributed by atoms with E-state index in [1.54, 1.807) is 0 Å². The number of nitrogens with zero attached hydrogens (tertiary/aromatic N) is 1. The van der Waals surface area contributed by atoms with Gasteiger partial charge in [-0.2, -0.15) is 0 Å². The van der Waals surface area contributed by atoms with Crippen LogP contribution in [0.4, 0.5) is 17.1 Å². The van der Waals surface area contributed by atoms with Crippen molar-refractivity contribution in [2.45, 2.75) is 0 Å². The fourth-order valence-electron chi connectivity index (χ4n) is 9.30. The second kappa shape index (κ2) is 12.0. The van der Waals surface area contributed by atoms with Crippen LogP contribution in [0, 0.1) is 0 Å². The van der Waals surface area contributed by atoms with Crippen LogP contribution in [-0.4, -0.2) is 0 Å². The molecule has 0 saturated heterocycles. The molecule has 2 aliphatic rings. The van der Waals surface area contributed by atoms with E-state index in [-0.39, 0.29) is 0 Å². The van der Waals surface area contributed by atoms with Crippen molar-refractivity contribution in [3.8, 4) is 77.9 Å². The molecule has 0 aliphatic heterocycles. The number of para-hydroxylation sites is 2. The standard InChI is InChI=1S/C54H33NO/c1-2-12-35(13-3-1)39-14-6-8-22-50(39)55(38-29-31-52-48(33-38)42-16-7-9-23-51(42)56-52)37-27-24-34(25-28-37)36-26-30-41-45-19-11-20-46-47-21-10-18-44(54(47)49(41)32-36)40-15-4-5-17-43(40)53(45)46/h1-33H. The Morgan fingerprint density at radius 3 is 1.62 bits per heavy atom. The van der Waals surface area contributed by atoms with Gasteiger partial charge in [-0.3, -0.25) is 0 Å². The van der Waals surface area contributed by atoms with Crippen molar-refractivity contribution in [3.05, 3.63) is 200 Å². The maximum absolute atomic E-state index is 6.25. The molecule has 260 valence electrons. The van der Waals surface area contributed by atoms with Gasteiger partial charge in [0.25, 0.3) is 0 Å². The fourth-order valence-corrected chi connectivity index (χ4v) is 9.30. The van der Waals surface area contributed by atoms with Crippen molar-refractivity contribution in [1.29, 1.82) is 0 Å². The third-order valence-corrected chi connectivity index (χ3v) is 11.8. The summed E-state index contributed by atoms with van der Waals surface area (Å²) in [6, 6.07) is 72.8. The van der Waals surface area contributed by atoms with Gasteiger partial charge in [0.2, 0.25) is 0 Å². The zero-order valence-corrected chi connectivity index (χ0v) is 30.4. The lowest BCUT2D eigenvalue weighted by Crippen LogP contribution is -2.11. The zero-order valence-electron chi connectivity index (χ0n) is 30.4. The van der Waals surface area contributed by atoms with Crippen molar-refractivity contribution >= 4 is 39.0 Å². The molecule has 1 aromatic heterocycles. The Morgan fingerprint density at radius 1 is 0.286 bits per heavy atom. The highest BCUT2D eigenvalue weighted by molar-refractivity contribution is 6.15. The molecule has 2 nitrogen and oxygen atoms in total. The predicted molar refractivity (Wildman–Crippen MR) is 234 cm³/mol. The van der Waals surface area contributed by atoms with Crippen LogP contribution in [0.2, 0.25) is 0 Å². The van der Waals surface area contributed by atoms with Crippen LogP contribution >= 0.6 is 0 Å². The van der Waals surface area contributed by atoms with Gasteiger partial charge < -0.3 is 9.32 Å². The van der Waals surface area contributed by atoms with E-state index in [1.807, 2.05) is 12.1 Å². The first-order valence-electron chi connectivity index (χ1n) is 19.3. The molecule has 0 amide bonds. The monoisotopic (exact) mass is 711 g/mol. The summed E-state index contributed by atoms with van der Waals surface area (Å²) < 4.78 is 6.25. The van der Waals surface area contributed by atoms with Gasteiger partial charge in [-0.25, -0.2) is 0 Å². The summed E-state index contributed by atoms with van der Waals surface area (Å²) in [5.74, 6) is 0. The molecule has 1 heterocycles. The highest BCUT2D eigenvalue weighted by Gasteiger charge is 2.30. The van der Waals surface area contributed by atoms with Crippen LogP contribution in [0.3, 0.4) is 0 Å². The third-order valence-electron chi connectivity index (χ3n) is 11.8. The van der Waals surface area contributed by atoms with Crippen molar-refractivity contribution in [3.63, 3.8) is 0 Å². The molecular formula is C54H33NO. The first kappa shape index (κ1) is 31.0. The largest absolute Gasteiger partial charge is 0.456 e. The van der Waals surface area contributed by atoms with Crippen LogP contribution in [-0.2, 0) is 0 Å². The predicted octanol–water partition coefficient (Wildman–Crippen LogP) is 15.4. The van der Waals surface area contributed by atoms with E-state index >= 15 is 0 Å². The van der Waals surface area contributed by atoms with Crippen LogP contribution in [0.5, 0.6) is 0 Å². The maximum Gasteiger partial charge on any atom is 0.135 e. The number of fused-ring (bicyclic) bond motifs is 7. The van der Waals surface area contributed by atoms with Crippen LogP contribution in [0.25, 0.3) is 99.8 Å². The topological polar surface area (TPSA) is 16.4 Å². The summed E-state index contributed by atoms with van der Waals surface area (Å²) in [4.78, 5) is 2.38. The zero-order chi connectivity index (χ0) is 36.7. The molecular weight excluding hydrogens is 679 g/mol. The molecule has 0 radical (unpaired) electrons. The molecule has 0 saturated carbocycles. The van der Waals surface area contributed by atoms with Gasteiger partial charge in [-0.05, 0) is 121 Å². The lowest BCUT2D eigenvalue weighted by molar-refractivity contribution is 0.669. The first-order valence-corrected chi connectivity index (χ1v) is 19.3. The molecule has 0 fully saturated rings. The van der Waals surface area contributed by atoms with Gasteiger partial charge in [-0.1, -0.05) is 152 Å². The van der Waals surface area contributed by atoms with Gasteiger partial charge in [0.1, 0.15) is 11.2 Å². The highest BCUT2D eigenvalue weighted by Crippen LogP contribution is 2.57. The van der Waals surface area contributed by atoms with E-state index in [4.69, 9.17) is 4.42 Å². The minimum Gasteiger partial charge on any atom is -0.456 e. The van der Waals surface area contributed by atoms with Crippen molar-refractivity contribution < 1.29 is 4.42 Å². The second-order valence-corrected chi connectivity index (χ2v) is 14.8. The van der Waals surface area contributed by atoms with E-state index in [2.05, 4.69) is 193 Å². The fraction of sp³-hybridized carbons (Fsp3) is 0. The summed E-state index contributed by atoms with van der Waals surface area (Å²) in [7, 11) is 0. The van der Waals surface area contributed by atoms with Gasteiger partial charge in [0.05, 0.1) is 5.69 Å². The molecule has 2 heteroatoms. The SMILES string of the molecule is c1ccc(-c2ccccc2N(c2ccc(-c3ccc4c(c3)-c3c5cccc3-c3cccc-4c3-c3ccccc3-5)cc2)c2ccc3oc4ccccc4c3c2)cc1. The summed E-state index contributed by atoms with van der Waals surface area (Å²) >= 11 is 0. The molecule has 56 heavy (non-hydrogen) atoms. The Morgan fingerprint density at radius 2 is 0.839 bits per heavy atom. The summed E-state index contributed by atoms with van der Waals surface area (Å²) in [6.45, 7) is 0. The molecule has 0 atom stereocenters. The summed E-state index contributed by atoms with van der Waals surface area (Å²) in [5.41, 5.74) is 22.8. The average molecular weight is 712 g/mol. The van der Waals surface area contributed by atoms with Gasteiger partial charge in [0.15, 0.2) is 0 Å². The summed E-state index contributed by atoms with van der Waals surface area (Å²) in [5, 5.41) is 2.22. The third kappa shape index (κ3) is 4.57. The molecule has 12 rings (SSSR count). The minimum absolute atomic E-state index is 0.885. The summed E-state index contributed by atoms with van der Waals surface area (Å²) in [6.07, 6.45) is 0. The number of hydrogen-bond donors (Lipinski definition) is 0. The van der Waals surface area contributed by atoms with Gasteiger partial charge in [-0.15, -0.1) is 0 Å². The number of rotatable bonds is 5. The lowest BCUT2D eigenvalue weighted by atomic mass is 9.83. The van der Waals surface area contributed by atoms with Crippen molar-refractivity contribution in [2.75, 3.05) is 4.90 Å². The molecule has 0 N–H and O–H groups in total. The van der Waals surface area contributed by atoms with Gasteiger partial charge >= 0.3 is 0 Å². The minimum atomic E-state index is 0.885. The van der Waals surface area contributed by atoms with Crippen LogP contribution in [0.1, 0.15) is 0 Å². The molecule has 9 aromatic carbocycles. The molecule has 10 aromatic rings. The quantitative estimate of drug-likeness (QED) is 0.177. The Hall–Kier alpha value is -7.42. The Balaban J connectivity index is 1.02. The molecule has 0 unspecified atom stereocenters. The first-order chi connectivity index (χ1) is 27.8. The Bertz CT molecular complexity index is 3170. The molecule has 2 aliphatic carbocycles. The van der Waals surface area contributed by atoms with E-state index in [0.29, 0.717) is 0 Å². The van der Waals surface area contributed by atoms with E-state index in [9.17, 15) is 0 Å². The van der Waals surface area contributed by atoms with Crippen LogP contribution < -0.4 is 4.90 Å². The number of benzene rings is 9. The molecule has 0 spiro atoms. The van der Waals surface area contributed by atoms with Gasteiger partial charge in [0, 0.05) is 27.7 Å². The normalized spacial score (nSPS) is 11.9. The highest BCUT2D eigenvalue weighted by atomic mass is 16.3. The van der Waals surface area contributed by atoms with E-state index < -0.39 is 0 Å². The molecule has 6 bridgehead atoms. The maximum atomic E-state index is 6.25. The Kier molecular flexibility index (Phi) is 6.66.